The first-order valence-electron chi connectivity index (χ1n) is 4.50. The number of amides is 1. The van der Waals surface area contributed by atoms with E-state index in [0.717, 1.165) is 15.4 Å². The van der Waals surface area contributed by atoms with Crippen LogP contribution in [0.3, 0.4) is 0 Å². The van der Waals surface area contributed by atoms with Gasteiger partial charge in [-0.05, 0) is 12.1 Å². The molecule has 1 aromatic heterocycles. The van der Waals surface area contributed by atoms with E-state index in [4.69, 9.17) is 5.26 Å². The summed E-state index contributed by atoms with van der Waals surface area (Å²) in [6, 6.07) is 5.36. The van der Waals surface area contributed by atoms with Crippen molar-refractivity contribution in [3.63, 3.8) is 0 Å². The smallest absolute Gasteiger partial charge is 0.238 e. The summed E-state index contributed by atoms with van der Waals surface area (Å²) in [6.07, 6.45) is 1.51. The molecule has 0 saturated carbocycles. The van der Waals surface area contributed by atoms with Crippen molar-refractivity contribution < 1.29 is 4.79 Å². The van der Waals surface area contributed by atoms with E-state index in [1.165, 1.54) is 0 Å². The summed E-state index contributed by atoms with van der Waals surface area (Å²) in [7, 11) is 0. The van der Waals surface area contributed by atoms with Crippen molar-refractivity contribution in [3.05, 3.63) is 22.8 Å². The number of hydrogen-bond donors (Lipinski definition) is 2. The summed E-state index contributed by atoms with van der Waals surface area (Å²) in [6.45, 7) is 0. The molecule has 5 nitrogen and oxygen atoms in total. The summed E-state index contributed by atoms with van der Waals surface area (Å²) in [5.41, 5.74) is 1.36. The number of aromatic nitrogens is 2. The maximum Gasteiger partial charge on any atom is 0.238 e. The minimum absolute atomic E-state index is 0.161. The van der Waals surface area contributed by atoms with Gasteiger partial charge in [0.2, 0.25) is 5.91 Å². The second-order valence-corrected chi connectivity index (χ2v) is 3.99. The average Bonchev–Trinajstić information content (AvgIpc) is 2.72. The maximum atomic E-state index is 11.3. The second-order valence-electron chi connectivity index (χ2n) is 3.14. The number of anilines is 1. The Bertz CT molecular complexity index is 584. The van der Waals surface area contributed by atoms with Gasteiger partial charge in [-0.2, -0.15) is 10.4 Å². The standard InChI is InChI=1S/C10H7BrN4O/c11-7-1-2-8(14-9(16)3-4-12)10-6(7)5-13-15-10/h1-2,5H,3H2,(H,13,15)(H,14,16). The number of nitriles is 1. The molecule has 0 saturated heterocycles. The molecule has 6 heteroatoms. The molecule has 0 aliphatic carbocycles. The van der Waals surface area contributed by atoms with Crippen LogP contribution in [-0.4, -0.2) is 16.1 Å². The zero-order chi connectivity index (χ0) is 11.5. The number of hydrogen-bond acceptors (Lipinski definition) is 3. The molecule has 0 radical (unpaired) electrons. The van der Waals surface area contributed by atoms with Gasteiger partial charge in [0.1, 0.15) is 6.42 Å². The number of carbonyl (C=O) groups excluding carboxylic acids is 1. The third kappa shape index (κ3) is 1.90. The van der Waals surface area contributed by atoms with Crippen LogP contribution in [0.4, 0.5) is 5.69 Å². The fourth-order valence-electron chi connectivity index (χ4n) is 1.37. The molecule has 0 aliphatic heterocycles. The van der Waals surface area contributed by atoms with Crippen LogP contribution >= 0.6 is 15.9 Å². The van der Waals surface area contributed by atoms with E-state index in [0.29, 0.717) is 5.69 Å². The molecular formula is C10H7BrN4O. The molecule has 0 fully saturated rings. The van der Waals surface area contributed by atoms with Crippen molar-refractivity contribution in [1.29, 1.82) is 5.26 Å². The predicted molar refractivity (Wildman–Crippen MR) is 62.7 cm³/mol. The highest BCUT2D eigenvalue weighted by Gasteiger charge is 2.08. The first-order valence-corrected chi connectivity index (χ1v) is 5.30. The monoisotopic (exact) mass is 278 g/mol. The zero-order valence-corrected chi connectivity index (χ0v) is 9.71. The zero-order valence-electron chi connectivity index (χ0n) is 8.12. The SMILES string of the molecule is N#CCC(=O)Nc1ccc(Br)c2cn[nH]c12. The normalized spacial score (nSPS) is 10.0. The number of nitrogens with zero attached hydrogens (tertiary/aromatic N) is 2. The van der Waals surface area contributed by atoms with E-state index in [-0.39, 0.29) is 12.3 Å². The van der Waals surface area contributed by atoms with E-state index >= 15 is 0 Å². The molecule has 0 atom stereocenters. The number of carbonyl (C=O) groups is 1. The molecule has 0 spiro atoms. The van der Waals surface area contributed by atoms with Crippen LogP contribution in [-0.2, 0) is 4.79 Å². The van der Waals surface area contributed by atoms with Gasteiger partial charge in [0, 0.05) is 9.86 Å². The van der Waals surface area contributed by atoms with Gasteiger partial charge < -0.3 is 5.32 Å². The van der Waals surface area contributed by atoms with Gasteiger partial charge in [-0.25, -0.2) is 0 Å². The highest BCUT2D eigenvalue weighted by Crippen LogP contribution is 2.28. The molecule has 1 heterocycles. The number of fused-ring (bicyclic) bond motifs is 1. The lowest BCUT2D eigenvalue weighted by Crippen LogP contribution is -2.10. The molecule has 2 aromatic rings. The van der Waals surface area contributed by atoms with Crippen LogP contribution in [0.5, 0.6) is 0 Å². The van der Waals surface area contributed by atoms with E-state index in [1.54, 1.807) is 18.3 Å². The van der Waals surface area contributed by atoms with Gasteiger partial charge in [0.05, 0.1) is 23.5 Å². The molecule has 0 aliphatic rings. The summed E-state index contributed by atoms with van der Waals surface area (Å²) >= 11 is 3.38. The minimum atomic E-state index is -0.333. The van der Waals surface area contributed by atoms with Crippen molar-refractivity contribution in [3.8, 4) is 6.07 Å². The van der Waals surface area contributed by atoms with Crippen molar-refractivity contribution in [2.24, 2.45) is 0 Å². The van der Waals surface area contributed by atoms with Gasteiger partial charge in [-0.1, -0.05) is 15.9 Å². The first kappa shape index (κ1) is 10.6. The minimum Gasteiger partial charge on any atom is -0.323 e. The third-order valence-corrected chi connectivity index (χ3v) is 2.77. The van der Waals surface area contributed by atoms with Gasteiger partial charge >= 0.3 is 0 Å². The molecule has 1 aromatic carbocycles. The highest BCUT2D eigenvalue weighted by atomic mass is 79.9. The number of H-pyrrole nitrogens is 1. The molecular weight excluding hydrogens is 272 g/mol. The Kier molecular flexibility index (Phi) is 2.88. The van der Waals surface area contributed by atoms with Gasteiger partial charge in [-0.3, -0.25) is 9.89 Å². The maximum absolute atomic E-state index is 11.3. The fraction of sp³-hybridized carbons (Fsp3) is 0.100. The van der Waals surface area contributed by atoms with Crippen LogP contribution < -0.4 is 5.32 Å². The number of benzene rings is 1. The van der Waals surface area contributed by atoms with Crippen molar-refractivity contribution in [2.45, 2.75) is 6.42 Å². The quantitative estimate of drug-likeness (QED) is 0.883. The van der Waals surface area contributed by atoms with Crippen LogP contribution in [0, 0.1) is 11.3 Å². The number of halogens is 1. The Balaban J connectivity index is 2.39. The Morgan fingerprint density at radius 3 is 3.19 bits per heavy atom. The van der Waals surface area contributed by atoms with E-state index < -0.39 is 0 Å². The van der Waals surface area contributed by atoms with Crippen molar-refractivity contribution >= 4 is 38.4 Å². The lowest BCUT2D eigenvalue weighted by molar-refractivity contribution is -0.115. The van der Waals surface area contributed by atoms with Crippen molar-refractivity contribution in [1.82, 2.24) is 10.2 Å². The summed E-state index contributed by atoms with van der Waals surface area (Å²) in [4.78, 5) is 11.3. The molecule has 16 heavy (non-hydrogen) atoms. The van der Waals surface area contributed by atoms with Crippen LogP contribution in [0.1, 0.15) is 6.42 Å². The summed E-state index contributed by atoms with van der Waals surface area (Å²) in [5, 5.41) is 18.6. The summed E-state index contributed by atoms with van der Waals surface area (Å²) in [5.74, 6) is -0.333. The summed E-state index contributed by atoms with van der Waals surface area (Å²) < 4.78 is 0.898. The van der Waals surface area contributed by atoms with Crippen LogP contribution in [0.2, 0.25) is 0 Å². The fourth-order valence-corrected chi connectivity index (χ4v) is 1.81. The molecule has 1 amide bonds. The predicted octanol–water partition coefficient (Wildman–Crippen LogP) is 2.18. The molecule has 0 unspecified atom stereocenters. The molecule has 80 valence electrons. The second kappa shape index (κ2) is 4.33. The van der Waals surface area contributed by atoms with Crippen LogP contribution in [0.15, 0.2) is 22.8 Å². The Morgan fingerprint density at radius 2 is 2.44 bits per heavy atom. The molecule has 2 N–H and O–H groups in total. The number of nitrogens with one attached hydrogen (secondary N) is 2. The van der Waals surface area contributed by atoms with Crippen LogP contribution in [0.25, 0.3) is 10.9 Å². The Morgan fingerprint density at radius 1 is 1.62 bits per heavy atom. The van der Waals surface area contributed by atoms with E-state index in [9.17, 15) is 4.79 Å². The molecule has 2 rings (SSSR count). The van der Waals surface area contributed by atoms with E-state index in [2.05, 4.69) is 31.4 Å². The van der Waals surface area contributed by atoms with E-state index in [1.807, 2.05) is 6.07 Å². The first-order chi connectivity index (χ1) is 7.72. The number of aromatic amines is 1. The van der Waals surface area contributed by atoms with Gasteiger partial charge in [0.25, 0.3) is 0 Å². The number of rotatable bonds is 2. The Hall–Kier alpha value is -1.87. The largest absolute Gasteiger partial charge is 0.323 e. The van der Waals surface area contributed by atoms with Gasteiger partial charge in [-0.15, -0.1) is 0 Å². The van der Waals surface area contributed by atoms with Crippen molar-refractivity contribution in [2.75, 3.05) is 5.32 Å². The Labute approximate surface area is 99.6 Å². The lowest BCUT2D eigenvalue weighted by Gasteiger charge is -2.04. The average molecular weight is 279 g/mol. The third-order valence-electron chi connectivity index (χ3n) is 2.08. The van der Waals surface area contributed by atoms with Gasteiger partial charge in [0.15, 0.2) is 0 Å². The lowest BCUT2D eigenvalue weighted by atomic mass is 10.2. The highest BCUT2D eigenvalue weighted by molar-refractivity contribution is 9.10. The molecule has 0 bridgehead atoms. The topological polar surface area (TPSA) is 81.6 Å².